The summed E-state index contributed by atoms with van der Waals surface area (Å²) in [6, 6.07) is 6.98. The molecule has 0 unspecified atom stereocenters. The smallest absolute Gasteiger partial charge is 0.179 e. The number of hydrogen-bond donors (Lipinski definition) is 0. The number of furan rings is 1. The summed E-state index contributed by atoms with van der Waals surface area (Å²) < 4.78 is 10.1. The Bertz CT molecular complexity index is 899. The second-order valence-corrected chi connectivity index (χ2v) is 5.23. The maximum atomic E-state index is 12.3. The second kappa shape index (κ2) is 9.24. The molecule has 2 aromatic rings. The van der Waals surface area contributed by atoms with Crippen LogP contribution in [0, 0.1) is 12.3 Å². The highest BCUT2D eigenvalue weighted by atomic mass is 16.5. The number of Topliss-reactive ketones (excluding diaryl/α,β-unsaturated/α-hetero) is 2. The Balaban J connectivity index is 1.98. The Hall–Kier alpha value is -3.12. The maximum absolute atomic E-state index is 12.3. The minimum Gasteiger partial charge on any atom is -0.464 e. The highest BCUT2D eigenvalue weighted by Crippen LogP contribution is 2.18. The Kier molecular flexibility index (Phi) is 6.74. The number of fused-ring (bicyclic) bond motifs is 1. The first-order valence-electron chi connectivity index (χ1n) is 7.76. The molecule has 0 saturated heterocycles. The van der Waals surface area contributed by atoms with Crippen LogP contribution in [0.15, 0.2) is 64.5 Å². The van der Waals surface area contributed by atoms with Gasteiger partial charge >= 0.3 is 0 Å². The van der Waals surface area contributed by atoms with Crippen molar-refractivity contribution in [3.05, 3.63) is 65.6 Å². The zero-order chi connectivity index (χ0) is 18.1. The molecule has 4 nitrogen and oxygen atoms in total. The van der Waals surface area contributed by atoms with Gasteiger partial charge in [-0.05, 0) is 30.3 Å². The molecule has 0 spiro atoms. The van der Waals surface area contributed by atoms with Crippen LogP contribution in [0.1, 0.15) is 23.2 Å². The molecule has 0 N–H and O–H groups in total. The number of hydrogen-bond acceptors (Lipinski definition) is 4. The van der Waals surface area contributed by atoms with Crippen LogP contribution in [0.4, 0.5) is 0 Å². The molecule has 2 rings (SSSR count). The van der Waals surface area contributed by atoms with E-state index >= 15 is 0 Å². The lowest BCUT2D eigenvalue weighted by atomic mass is 10.0. The van der Waals surface area contributed by atoms with Crippen molar-refractivity contribution in [2.24, 2.45) is 0 Å². The molecule has 0 atom stereocenters. The summed E-state index contributed by atoms with van der Waals surface area (Å²) in [6.45, 7) is 0.465. The van der Waals surface area contributed by atoms with Gasteiger partial charge in [-0.3, -0.25) is 9.59 Å². The number of carbonyl (C=O) groups excluding carboxylic acids is 2. The van der Waals surface area contributed by atoms with Crippen molar-refractivity contribution in [2.75, 3.05) is 13.7 Å². The molecule has 0 fully saturated rings. The van der Waals surface area contributed by atoms with Crippen molar-refractivity contribution in [3.8, 4) is 12.3 Å². The highest BCUT2D eigenvalue weighted by molar-refractivity contribution is 6.04. The quantitative estimate of drug-likeness (QED) is 0.242. The summed E-state index contributed by atoms with van der Waals surface area (Å²) in [5.74, 6) is 1.92. The number of benzene rings is 1. The van der Waals surface area contributed by atoms with Gasteiger partial charge in [0.05, 0.1) is 12.9 Å². The van der Waals surface area contributed by atoms with Crippen molar-refractivity contribution in [2.45, 2.75) is 12.8 Å². The fourth-order valence-corrected chi connectivity index (χ4v) is 2.19. The molecule has 1 heterocycles. The largest absolute Gasteiger partial charge is 0.464 e. The maximum Gasteiger partial charge on any atom is 0.179 e. The summed E-state index contributed by atoms with van der Waals surface area (Å²) in [5.41, 5.74) is 4.14. The summed E-state index contributed by atoms with van der Waals surface area (Å²) in [5, 5.41) is 0.854. The van der Waals surface area contributed by atoms with Gasteiger partial charge in [0.2, 0.25) is 0 Å². The number of allylic oxidation sites excluding steroid dienone is 2. The molecule has 0 amide bonds. The first-order chi connectivity index (χ1) is 12.2. The third-order valence-corrected chi connectivity index (χ3v) is 3.50. The van der Waals surface area contributed by atoms with E-state index in [9.17, 15) is 9.59 Å². The average Bonchev–Trinajstić information content (AvgIpc) is 3.10. The van der Waals surface area contributed by atoms with E-state index in [1.807, 2.05) is 0 Å². The topological polar surface area (TPSA) is 56.5 Å². The molecule has 4 heteroatoms. The van der Waals surface area contributed by atoms with Crippen LogP contribution in [-0.2, 0) is 9.53 Å². The molecule has 0 saturated carbocycles. The third kappa shape index (κ3) is 5.19. The monoisotopic (exact) mass is 334 g/mol. The SMILES string of the molecule is C#CC(=C=C/C=C\COC)C(=O)CCC(=O)c1ccc2occc2c1. The van der Waals surface area contributed by atoms with E-state index < -0.39 is 0 Å². The van der Waals surface area contributed by atoms with Crippen LogP contribution < -0.4 is 0 Å². The number of ketones is 2. The van der Waals surface area contributed by atoms with Crippen LogP contribution in [0.5, 0.6) is 0 Å². The van der Waals surface area contributed by atoms with E-state index in [2.05, 4.69) is 11.7 Å². The van der Waals surface area contributed by atoms with Crippen molar-refractivity contribution >= 4 is 22.5 Å². The fourth-order valence-electron chi connectivity index (χ4n) is 2.19. The normalized spacial score (nSPS) is 10.4. The molecule has 1 aromatic heterocycles. The van der Waals surface area contributed by atoms with Gasteiger partial charge in [-0.15, -0.1) is 12.2 Å². The highest BCUT2D eigenvalue weighted by Gasteiger charge is 2.12. The van der Waals surface area contributed by atoms with Crippen molar-refractivity contribution < 1.29 is 18.7 Å². The Morgan fingerprint density at radius 2 is 2.12 bits per heavy atom. The lowest BCUT2D eigenvalue weighted by Gasteiger charge is -2.01. The van der Waals surface area contributed by atoms with E-state index in [-0.39, 0.29) is 30.0 Å². The molecule has 0 bridgehead atoms. The molecule has 0 radical (unpaired) electrons. The van der Waals surface area contributed by atoms with E-state index in [1.165, 1.54) is 0 Å². The van der Waals surface area contributed by atoms with Crippen molar-refractivity contribution in [1.29, 1.82) is 0 Å². The Labute approximate surface area is 146 Å². The standard InChI is InChI=1S/C21H18O4/c1-3-16(7-5-4-6-13-24-2)19(22)9-10-20(23)17-8-11-21-18(15-17)12-14-25-21/h1,4-6,8,11-12,14-15H,9-10,13H2,2H3/b6-4-. The average molecular weight is 334 g/mol. The molecule has 0 aliphatic rings. The minimum absolute atomic E-state index is 0.0460. The Morgan fingerprint density at radius 1 is 1.28 bits per heavy atom. The lowest BCUT2D eigenvalue weighted by Crippen LogP contribution is -2.06. The zero-order valence-corrected chi connectivity index (χ0v) is 14.0. The fraction of sp³-hybridized carbons (Fsp3) is 0.190. The Morgan fingerprint density at radius 3 is 2.88 bits per heavy atom. The van der Waals surface area contributed by atoms with Gasteiger partial charge in [0.1, 0.15) is 11.2 Å². The number of carbonyl (C=O) groups is 2. The lowest BCUT2D eigenvalue weighted by molar-refractivity contribution is -0.115. The van der Waals surface area contributed by atoms with Crippen LogP contribution in [0.25, 0.3) is 11.0 Å². The molecular weight excluding hydrogens is 316 g/mol. The third-order valence-electron chi connectivity index (χ3n) is 3.50. The minimum atomic E-state index is -0.281. The second-order valence-electron chi connectivity index (χ2n) is 5.23. The number of methoxy groups -OCH3 is 1. The molecular formula is C21H18O4. The molecule has 0 aliphatic carbocycles. The van der Waals surface area contributed by atoms with Crippen LogP contribution in [0.3, 0.4) is 0 Å². The van der Waals surface area contributed by atoms with Gasteiger partial charge in [-0.25, -0.2) is 0 Å². The first-order valence-corrected chi connectivity index (χ1v) is 7.76. The van der Waals surface area contributed by atoms with Gasteiger partial charge in [-0.2, -0.15) is 0 Å². The van der Waals surface area contributed by atoms with Gasteiger partial charge in [0.15, 0.2) is 11.6 Å². The predicted octanol–water partition coefficient (Wildman–Crippen LogP) is 3.88. The predicted molar refractivity (Wildman–Crippen MR) is 96.2 cm³/mol. The molecule has 126 valence electrons. The zero-order valence-electron chi connectivity index (χ0n) is 14.0. The van der Waals surface area contributed by atoms with Gasteiger partial charge in [-0.1, -0.05) is 18.1 Å². The molecule has 0 aliphatic heterocycles. The van der Waals surface area contributed by atoms with Crippen molar-refractivity contribution in [1.82, 2.24) is 0 Å². The van der Waals surface area contributed by atoms with E-state index in [1.54, 1.807) is 55.9 Å². The van der Waals surface area contributed by atoms with Crippen LogP contribution in [-0.4, -0.2) is 25.3 Å². The van der Waals surface area contributed by atoms with Crippen LogP contribution >= 0.6 is 0 Å². The van der Waals surface area contributed by atoms with E-state index in [0.717, 1.165) is 11.0 Å². The number of ether oxygens (including phenoxy) is 1. The van der Waals surface area contributed by atoms with Gasteiger partial charge in [0.25, 0.3) is 0 Å². The molecule has 25 heavy (non-hydrogen) atoms. The molecule has 1 aromatic carbocycles. The number of terminal acetylenes is 1. The van der Waals surface area contributed by atoms with Gasteiger partial charge in [0, 0.05) is 30.9 Å². The summed E-state index contributed by atoms with van der Waals surface area (Å²) in [4.78, 5) is 24.4. The van der Waals surface area contributed by atoms with Gasteiger partial charge < -0.3 is 9.15 Å². The van der Waals surface area contributed by atoms with E-state index in [4.69, 9.17) is 15.6 Å². The van der Waals surface area contributed by atoms with Crippen molar-refractivity contribution in [3.63, 3.8) is 0 Å². The van der Waals surface area contributed by atoms with Crippen LogP contribution in [0.2, 0.25) is 0 Å². The summed E-state index contributed by atoms with van der Waals surface area (Å²) >= 11 is 0. The summed E-state index contributed by atoms with van der Waals surface area (Å²) in [6.07, 6.45) is 12.1. The summed E-state index contributed by atoms with van der Waals surface area (Å²) in [7, 11) is 1.58. The first kappa shape index (κ1) is 18.2. The van der Waals surface area contributed by atoms with E-state index in [0.29, 0.717) is 12.2 Å². The number of rotatable bonds is 8.